The highest BCUT2D eigenvalue weighted by Gasteiger charge is 2.15. The second kappa shape index (κ2) is 9.82. The van der Waals surface area contributed by atoms with Gasteiger partial charge in [-0.2, -0.15) is 8.78 Å². The standard InChI is InChI=1S/C23H18ClF3N4O/c24-19-14-16(4-9-20(19)25)22-29-21(3-1-2-15-10-12-28-13-11-15)31(30-22)17-5-7-18(8-6-17)32-23(26)27/h4-14,23H,1-3H2. The maximum Gasteiger partial charge on any atom is 0.387 e. The van der Waals surface area contributed by atoms with E-state index in [9.17, 15) is 13.2 Å². The first-order valence-electron chi connectivity index (χ1n) is 9.85. The van der Waals surface area contributed by atoms with E-state index in [-0.39, 0.29) is 10.8 Å². The lowest BCUT2D eigenvalue weighted by molar-refractivity contribution is -0.0498. The summed E-state index contributed by atoms with van der Waals surface area (Å²) in [5, 5.41) is 4.54. The van der Waals surface area contributed by atoms with Gasteiger partial charge in [0.15, 0.2) is 5.82 Å². The summed E-state index contributed by atoms with van der Waals surface area (Å²) in [6.07, 6.45) is 5.74. The number of pyridine rings is 1. The van der Waals surface area contributed by atoms with Crippen molar-refractivity contribution >= 4 is 11.6 Å². The van der Waals surface area contributed by atoms with Crippen molar-refractivity contribution in [1.82, 2.24) is 19.7 Å². The Kier molecular flexibility index (Phi) is 6.70. The third-order valence-electron chi connectivity index (χ3n) is 4.77. The second-order valence-corrected chi connectivity index (χ2v) is 7.38. The molecule has 32 heavy (non-hydrogen) atoms. The molecule has 0 saturated carbocycles. The van der Waals surface area contributed by atoms with Gasteiger partial charge >= 0.3 is 6.61 Å². The van der Waals surface area contributed by atoms with Gasteiger partial charge in [0.1, 0.15) is 17.4 Å². The van der Waals surface area contributed by atoms with Gasteiger partial charge in [-0.3, -0.25) is 4.98 Å². The first-order valence-corrected chi connectivity index (χ1v) is 10.2. The molecule has 9 heteroatoms. The zero-order valence-electron chi connectivity index (χ0n) is 16.8. The van der Waals surface area contributed by atoms with E-state index in [0.29, 0.717) is 29.3 Å². The summed E-state index contributed by atoms with van der Waals surface area (Å²) in [5.74, 6) is 0.589. The van der Waals surface area contributed by atoms with Crippen LogP contribution < -0.4 is 4.74 Å². The summed E-state index contributed by atoms with van der Waals surface area (Å²) >= 11 is 5.92. The number of aryl methyl sites for hydroxylation is 2. The van der Waals surface area contributed by atoms with Crippen molar-refractivity contribution in [2.45, 2.75) is 25.9 Å². The Balaban J connectivity index is 1.63. The molecule has 2 aromatic carbocycles. The van der Waals surface area contributed by atoms with E-state index < -0.39 is 12.4 Å². The number of ether oxygens (including phenoxy) is 1. The molecule has 0 atom stereocenters. The van der Waals surface area contributed by atoms with Crippen LogP contribution >= 0.6 is 11.6 Å². The van der Waals surface area contributed by atoms with E-state index in [4.69, 9.17) is 11.6 Å². The normalized spacial score (nSPS) is 11.2. The summed E-state index contributed by atoms with van der Waals surface area (Å²) in [7, 11) is 0. The molecule has 0 fully saturated rings. The zero-order chi connectivity index (χ0) is 22.5. The topological polar surface area (TPSA) is 52.8 Å². The molecule has 0 radical (unpaired) electrons. The molecule has 0 amide bonds. The molecule has 2 heterocycles. The van der Waals surface area contributed by atoms with Gasteiger partial charge in [0.05, 0.1) is 10.7 Å². The summed E-state index contributed by atoms with van der Waals surface area (Å²) in [6, 6.07) is 14.3. The second-order valence-electron chi connectivity index (χ2n) is 6.97. The maximum absolute atomic E-state index is 13.6. The van der Waals surface area contributed by atoms with Crippen molar-refractivity contribution in [1.29, 1.82) is 0 Å². The van der Waals surface area contributed by atoms with Crippen LogP contribution in [0.4, 0.5) is 13.2 Å². The molecule has 0 aliphatic rings. The van der Waals surface area contributed by atoms with E-state index in [1.807, 2.05) is 12.1 Å². The molecular formula is C23H18ClF3N4O. The molecule has 4 rings (SSSR count). The Morgan fingerprint density at radius 3 is 2.41 bits per heavy atom. The van der Waals surface area contributed by atoms with Crippen molar-refractivity contribution < 1.29 is 17.9 Å². The van der Waals surface area contributed by atoms with Crippen LogP contribution in [-0.4, -0.2) is 26.4 Å². The Morgan fingerprint density at radius 1 is 0.969 bits per heavy atom. The van der Waals surface area contributed by atoms with E-state index >= 15 is 0 Å². The molecule has 4 aromatic rings. The van der Waals surface area contributed by atoms with Crippen molar-refractivity contribution in [3.63, 3.8) is 0 Å². The van der Waals surface area contributed by atoms with Crippen molar-refractivity contribution in [3.8, 4) is 22.8 Å². The number of nitrogens with zero attached hydrogens (tertiary/aromatic N) is 4. The number of hydrogen-bond donors (Lipinski definition) is 0. The highest BCUT2D eigenvalue weighted by molar-refractivity contribution is 6.31. The quantitative estimate of drug-likeness (QED) is 0.330. The summed E-state index contributed by atoms with van der Waals surface area (Å²) < 4.78 is 44.5. The Labute approximate surface area is 187 Å². The zero-order valence-corrected chi connectivity index (χ0v) is 17.5. The minimum Gasteiger partial charge on any atom is -0.435 e. The van der Waals surface area contributed by atoms with Crippen LogP contribution in [0.3, 0.4) is 0 Å². The molecule has 0 bridgehead atoms. The Hall–Kier alpha value is -3.39. The molecule has 164 valence electrons. The Bertz CT molecular complexity index is 1180. The van der Waals surface area contributed by atoms with Crippen molar-refractivity contribution in [3.05, 3.63) is 89.2 Å². The molecule has 0 aliphatic heterocycles. The van der Waals surface area contributed by atoms with Gasteiger partial charge in [0.2, 0.25) is 0 Å². The maximum atomic E-state index is 13.6. The molecule has 0 saturated heterocycles. The van der Waals surface area contributed by atoms with Crippen LogP contribution in [0.5, 0.6) is 5.75 Å². The molecule has 2 aromatic heterocycles. The lowest BCUT2D eigenvalue weighted by Gasteiger charge is -2.08. The van der Waals surface area contributed by atoms with E-state index in [0.717, 1.165) is 18.4 Å². The Morgan fingerprint density at radius 2 is 1.72 bits per heavy atom. The first-order chi connectivity index (χ1) is 15.5. The number of hydrogen-bond acceptors (Lipinski definition) is 4. The van der Waals surface area contributed by atoms with Gasteiger partial charge in [-0.15, -0.1) is 5.10 Å². The highest BCUT2D eigenvalue weighted by atomic mass is 35.5. The number of halogens is 4. The number of benzene rings is 2. The largest absolute Gasteiger partial charge is 0.435 e. The molecule has 0 N–H and O–H groups in total. The molecule has 0 spiro atoms. The molecule has 0 aliphatic carbocycles. The number of rotatable bonds is 8. The minimum absolute atomic E-state index is 0.0217. The van der Waals surface area contributed by atoms with Crippen LogP contribution in [0.2, 0.25) is 5.02 Å². The van der Waals surface area contributed by atoms with Gasteiger partial charge in [-0.25, -0.2) is 14.1 Å². The van der Waals surface area contributed by atoms with Crippen LogP contribution in [-0.2, 0) is 12.8 Å². The van der Waals surface area contributed by atoms with E-state index in [1.54, 1.807) is 35.3 Å². The first kappa shape index (κ1) is 21.8. The average molecular weight is 459 g/mol. The fourth-order valence-corrected chi connectivity index (χ4v) is 3.42. The fourth-order valence-electron chi connectivity index (χ4n) is 3.24. The van der Waals surface area contributed by atoms with Gasteiger partial charge in [-0.1, -0.05) is 11.6 Å². The number of alkyl halides is 2. The predicted octanol–water partition coefficient (Wildman–Crippen LogP) is 5.90. The van der Waals surface area contributed by atoms with E-state index in [2.05, 4.69) is 19.8 Å². The number of aromatic nitrogens is 4. The third kappa shape index (κ3) is 5.26. The minimum atomic E-state index is -2.90. The third-order valence-corrected chi connectivity index (χ3v) is 5.06. The SMILES string of the molecule is Fc1ccc(-c2nc(CCCc3ccncc3)n(-c3ccc(OC(F)F)cc3)n2)cc1Cl. The van der Waals surface area contributed by atoms with E-state index in [1.165, 1.54) is 24.3 Å². The predicted molar refractivity (Wildman–Crippen MR) is 115 cm³/mol. The smallest absolute Gasteiger partial charge is 0.387 e. The lowest BCUT2D eigenvalue weighted by Crippen LogP contribution is -2.05. The molecule has 5 nitrogen and oxygen atoms in total. The van der Waals surface area contributed by atoms with Crippen LogP contribution in [0.25, 0.3) is 17.1 Å². The van der Waals surface area contributed by atoms with Gasteiger partial charge in [-0.05, 0) is 73.0 Å². The highest BCUT2D eigenvalue weighted by Crippen LogP contribution is 2.25. The van der Waals surface area contributed by atoms with Gasteiger partial charge in [0, 0.05) is 24.4 Å². The summed E-state index contributed by atoms with van der Waals surface area (Å²) in [5.41, 5.74) is 2.37. The van der Waals surface area contributed by atoms with Gasteiger partial charge in [0.25, 0.3) is 0 Å². The average Bonchev–Trinajstić information content (AvgIpc) is 3.21. The lowest BCUT2D eigenvalue weighted by atomic mass is 10.1. The summed E-state index contributed by atoms with van der Waals surface area (Å²) in [6.45, 7) is -2.90. The molecule has 0 unspecified atom stereocenters. The van der Waals surface area contributed by atoms with Crippen LogP contribution in [0, 0.1) is 5.82 Å². The van der Waals surface area contributed by atoms with Crippen LogP contribution in [0.1, 0.15) is 17.8 Å². The van der Waals surface area contributed by atoms with Crippen LogP contribution in [0.15, 0.2) is 67.0 Å². The van der Waals surface area contributed by atoms with Gasteiger partial charge < -0.3 is 4.74 Å². The monoisotopic (exact) mass is 458 g/mol. The van der Waals surface area contributed by atoms with Crippen molar-refractivity contribution in [2.75, 3.05) is 0 Å². The fraction of sp³-hybridized carbons (Fsp3) is 0.174. The summed E-state index contributed by atoms with van der Waals surface area (Å²) in [4.78, 5) is 8.66. The van der Waals surface area contributed by atoms with Crippen molar-refractivity contribution in [2.24, 2.45) is 0 Å². The molecular weight excluding hydrogens is 441 g/mol.